The number of nitrogens with one attached hydrogen (secondary N) is 1. The molecule has 1 aromatic rings. The second-order valence-corrected chi connectivity index (χ2v) is 5.11. The number of para-hydroxylation sites is 1. The van der Waals surface area contributed by atoms with Gasteiger partial charge in [-0.25, -0.2) is 0 Å². The lowest BCUT2D eigenvalue weighted by Crippen LogP contribution is -2.37. The predicted molar refractivity (Wildman–Crippen MR) is 78.1 cm³/mol. The smallest absolute Gasteiger partial charge is 0.258 e. The Balaban J connectivity index is 2.59. The fraction of sp³-hybridized carbons (Fsp3) is 0.500. The van der Waals surface area contributed by atoms with E-state index in [2.05, 4.69) is 21.2 Å². The van der Waals surface area contributed by atoms with Crippen molar-refractivity contribution in [3.8, 4) is 5.75 Å². The summed E-state index contributed by atoms with van der Waals surface area (Å²) in [4.78, 5) is 11.7. The van der Waals surface area contributed by atoms with Gasteiger partial charge < -0.3 is 15.2 Å². The molecule has 1 rings (SSSR count). The zero-order valence-electron chi connectivity index (χ0n) is 11.3. The molecule has 4 nitrogen and oxygen atoms in total. The van der Waals surface area contributed by atoms with Crippen LogP contribution in [0.15, 0.2) is 22.7 Å². The number of carbonyl (C=O) groups is 1. The molecule has 19 heavy (non-hydrogen) atoms. The van der Waals surface area contributed by atoms with Crippen LogP contribution in [0.2, 0.25) is 0 Å². The summed E-state index contributed by atoms with van der Waals surface area (Å²) in [5.41, 5.74) is 0.657. The van der Waals surface area contributed by atoms with Gasteiger partial charge in [0, 0.05) is 11.6 Å². The minimum Gasteiger partial charge on any atom is -0.482 e. The molecule has 0 spiro atoms. The monoisotopic (exact) mass is 329 g/mol. The van der Waals surface area contributed by atoms with E-state index in [-0.39, 0.29) is 25.2 Å². The number of amides is 1. The summed E-state index contributed by atoms with van der Waals surface area (Å²) in [5.74, 6) is 0.373. The Labute approximate surface area is 122 Å². The molecule has 2 N–H and O–H groups in total. The molecule has 0 radical (unpaired) electrons. The number of hydrogen-bond donors (Lipinski definition) is 2. The van der Waals surface area contributed by atoms with Gasteiger partial charge in [0.25, 0.3) is 5.91 Å². The molecular weight excluding hydrogens is 310 g/mol. The van der Waals surface area contributed by atoms with Gasteiger partial charge in [0.15, 0.2) is 6.61 Å². The molecule has 0 unspecified atom stereocenters. The van der Waals surface area contributed by atoms with Crippen LogP contribution >= 0.6 is 15.9 Å². The van der Waals surface area contributed by atoms with Crippen molar-refractivity contribution in [1.82, 2.24) is 5.32 Å². The van der Waals surface area contributed by atoms with Crippen LogP contribution in [0.5, 0.6) is 5.75 Å². The largest absolute Gasteiger partial charge is 0.482 e. The van der Waals surface area contributed by atoms with Gasteiger partial charge in [-0.1, -0.05) is 26.0 Å². The molecule has 0 saturated carbocycles. The number of benzene rings is 1. The van der Waals surface area contributed by atoms with E-state index in [1.807, 2.05) is 26.0 Å². The van der Waals surface area contributed by atoms with Crippen molar-refractivity contribution >= 4 is 21.8 Å². The third-order valence-corrected chi connectivity index (χ3v) is 3.54. The Hall–Kier alpha value is -1.07. The van der Waals surface area contributed by atoms with Gasteiger partial charge in [-0.3, -0.25) is 4.79 Å². The van der Waals surface area contributed by atoms with Crippen LogP contribution in [0.3, 0.4) is 0 Å². The number of rotatable bonds is 7. The molecule has 0 bridgehead atoms. The van der Waals surface area contributed by atoms with Crippen LogP contribution in [-0.2, 0) is 11.4 Å². The van der Waals surface area contributed by atoms with Gasteiger partial charge in [-0.15, -0.1) is 0 Å². The highest BCUT2D eigenvalue weighted by Crippen LogP contribution is 2.28. The number of carbonyl (C=O) groups excluding carboxylic acids is 1. The highest BCUT2D eigenvalue weighted by atomic mass is 79.9. The van der Waals surface area contributed by atoms with Crippen molar-refractivity contribution < 1.29 is 14.6 Å². The van der Waals surface area contributed by atoms with E-state index < -0.39 is 0 Å². The Kier molecular flexibility index (Phi) is 6.87. The minimum absolute atomic E-state index is 0.0495. The number of aliphatic hydroxyl groups is 1. The van der Waals surface area contributed by atoms with Gasteiger partial charge in [-0.2, -0.15) is 0 Å². The molecule has 106 valence electrons. The Morgan fingerprint density at radius 2 is 2.11 bits per heavy atom. The molecule has 0 fully saturated rings. The van der Waals surface area contributed by atoms with E-state index in [9.17, 15) is 9.90 Å². The predicted octanol–water partition coefficient (Wildman–Crippen LogP) is 2.63. The number of hydrogen-bond acceptors (Lipinski definition) is 3. The van der Waals surface area contributed by atoms with E-state index in [1.54, 1.807) is 6.07 Å². The van der Waals surface area contributed by atoms with E-state index in [4.69, 9.17) is 4.74 Å². The van der Waals surface area contributed by atoms with Crippen molar-refractivity contribution in [2.45, 2.75) is 39.3 Å². The van der Waals surface area contributed by atoms with Crippen LogP contribution in [0.1, 0.15) is 32.3 Å². The molecule has 0 aromatic heterocycles. The summed E-state index contributed by atoms with van der Waals surface area (Å²) < 4.78 is 6.22. The highest BCUT2D eigenvalue weighted by Gasteiger charge is 2.12. The number of halogens is 1. The van der Waals surface area contributed by atoms with Crippen LogP contribution in [0.4, 0.5) is 0 Å². The number of ether oxygens (including phenoxy) is 1. The lowest BCUT2D eigenvalue weighted by Gasteiger charge is -2.16. The lowest BCUT2D eigenvalue weighted by molar-refractivity contribution is -0.123. The average Bonchev–Trinajstić information content (AvgIpc) is 2.43. The third-order valence-electron chi connectivity index (χ3n) is 2.92. The van der Waals surface area contributed by atoms with Gasteiger partial charge in [-0.05, 0) is 34.8 Å². The van der Waals surface area contributed by atoms with Crippen LogP contribution in [-0.4, -0.2) is 23.7 Å². The molecule has 0 atom stereocenters. The highest BCUT2D eigenvalue weighted by molar-refractivity contribution is 9.10. The molecule has 0 aliphatic rings. The van der Waals surface area contributed by atoms with E-state index in [0.717, 1.165) is 17.3 Å². The van der Waals surface area contributed by atoms with Crippen molar-refractivity contribution in [2.24, 2.45) is 0 Å². The summed E-state index contributed by atoms with van der Waals surface area (Å²) in [7, 11) is 0. The fourth-order valence-electron chi connectivity index (χ4n) is 1.74. The summed E-state index contributed by atoms with van der Waals surface area (Å²) in [6.45, 7) is 3.90. The summed E-state index contributed by atoms with van der Waals surface area (Å²) in [6, 6.07) is 5.58. The van der Waals surface area contributed by atoms with Crippen molar-refractivity contribution in [2.75, 3.05) is 6.61 Å². The Morgan fingerprint density at radius 1 is 1.42 bits per heavy atom. The fourth-order valence-corrected chi connectivity index (χ4v) is 2.26. The first-order valence-electron chi connectivity index (χ1n) is 6.42. The second-order valence-electron chi connectivity index (χ2n) is 4.26. The molecular formula is C14H20BrNO3. The molecule has 1 amide bonds. The molecule has 0 aliphatic heterocycles. The molecule has 5 heteroatoms. The van der Waals surface area contributed by atoms with E-state index in [1.165, 1.54) is 0 Å². The van der Waals surface area contributed by atoms with Crippen LogP contribution in [0.25, 0.3) is 0 Å². The Bertz CT molecular complexity index is 419. The zero-order chi connectivity index (χ0) is 14.3. The topological polar surface area (TPSA) is 58.6 Å². The summed E-state index contributed by atoms with van der Waals surface area (Å²) in [6.07, 6.45) is 1.80. The zero-order valence-corrected chi connectivity index (χ0v) is 12.9. The Morgan fingerprint density at radius 3 is 2.68 bits per heavy atom. The first-order chi connectivity index (χ1) is 9.12. The average molecular weight is 330 g/mol. The van der Waals surface area contributed by atoms with Gasteiger partial charge in [0.1, 0.15) is 5.75 Å². The molecule has 0 aliphatic carbocycles. The standard InChI is InChI=1S/C14H20BrNO3/c1-3-11(4-2)16-13(18)9-19-14-10(8-17)6-5-7-12(14)15/h5-7,11,17H,3-4,8-9H2,1-2H3,(H,16,18). The van der Waals surface area contributed by atoms with Crippen LogP contribution in [0, 0.1) is 0 Å². The first-order valence-corrected chi connectivity index (χ1v) is 7.22. The summed E-state index contributed by atoms with van der Waals surface area (Å²) >= 11 is 3.35. The first kappa shape index (κ1) is 16.0. The SMILES string of the molecule is CCC(CC)NC(=O)COc1c(Br)cccc1CO. The summed E-state index contributed by atoms with van der Waals surface area (Å²) in [5, 5.41) is 12.1. The van der Waals surface area contributed by atoms with E-state index in [0.29, 0.717) is 11.3 Å². The van der Waals surface area contributed by atoms with Gasteiger partial charge >= 0.3 is 0 Å². The molecule has 0 saturated heterocycles. The van der Waals surface area contributed by atoms with Crippen molar-refractivity contribution in [3.05, 3.63) is 28.2 Å². The minimum atomic E-state index is -0.145. The lowest BCUT2D eigenvalue weighted by atomic mass is 10.2. The second kappa shape index (κ2) is 8.17. The molecule has 0 heterocycles. The van der Waals surface area contributed by atoms with E-state index >= 15 is 0 Å². The van der Waals surface area contributed by atoms with Gasteiger partial charge in [0.2, 0.25) is 0 Å². The molecule has 1 aromatic carbocycles. The quantitative estimate of drug-likeness (QED) is 0.808. The maximum Gasteiger partial charge on any atom is 0.258 e. The van der Waals surface area contributed by atoms with Crippen LogP contribution < -0.4 is 10.1 Å². The third kappa shape index (κ3) is 4.84. The maximum absolute atomic E-state index is 11.7. The maximum atomic E-state index is 11.7. The normalized spacial score (nSPS) is 10.6. The van der Waals surface area contributed by atoms with Crippen molar-refractivity contribution in [1.29, 1.82) is 0 Å². The van der Waals surface area contributed by atoms with Gasteiger partial charge in [0.05, 0.1) is 11.1 Å². The van der Waals surface area contributed by atoms with Crippen molar-refractivity contribution in [3.63, 3.8) is 0 Å². The number of aliphatic hydroxyl groups excluding tert-OH is 1.